The first-order chi connectivity index (χ1) is 6.61. The maximum absolute atomic E-state index is 10.7. The highest BCUT2D eigenvalue weighted by molar-refractivity contribution is 5.81. The van der Waals surface area contributed by atoms with E-state index in [1.54, 1.807) is 0 Å². The highest BCUT2D eigenvalue weighted by Crippen LogP contribution is 2.08. The molecule has 14 heavy (non-hydrogen) atoms. The number of amides is 1. The van der Waals surface area contributed by atoms with E-state index in [4.69, 9.17) is 10.8 Å². The van der Waals surface area contributed by atoms with Crippen molar-refractivity contribution in [3.8, 4) is 0 Å². The van der Waals surface area contributed by atoms with Crippen LogP contribution < -0.4 is 11.1 Å². The molecular weight excluding hydrogens is 184 g/mol. The Hall–Kier alpha value is -0.940. The molecule has 1 fully saturated rings. The van der Waals surface area contributed by atoms with Crippen molar-refractivity contribution in [2.75, 3.05) is 19.7 Å². The Morgan fingerprint density at radius 3 is 2.57 bits per heavy atom. The van der Waals surface area contributed by atoms with Crippen LogP contribution in [-0.2, 0) is 9.59 Å². The van der Waals surface area contributed by atoms with Gasteiger partial charge in [-0.25, -0.2) is 0 Å². The lowest BCUT2D eigenvalue weighted by Gasteiger charge is -2.16. The molecule has 0 radical (unpaired) electrons. The average Bonchev–Trinajstić information content (AvgIpc) is 2.22. The number of piperidine rings is 1. The SMILES string of the molecule is CC1CCCNC1=O.NCC(=O)CO. The number of carbonyl (C=O) groups is 2. The molecule has 1 unspecified atom stereocenters. The zero-order valence-corrected chi connectivity index (χ0v) is 8.45. The summed E-state index contributed by atoms with van der Waals surface area (Å²) in [5.74, 6) is 0.148. The van der Waals surface area contributed by atoms with E-state index in [1.165, 1.54) is 0 Å². The fourth-order valence-electron chi connectivity index (χ4n) is 0.990. The molecule has 4 N–H and O–H groups in total. The molecule has 82 valence electrons. The van der Waals surface area contributed by atoms with Crippen LogP contribution in [0.1, 0.15) is 19.8 Å². The number of rotatable bonds is 2. The predicted octanol–water partition coefficient (Wildman–Crippen LogP) is -0.961. The van der Waals surface area contributed by atoms with E-state index in [0.29, 0.717) is 0 Å². The second kappa shape index (κ2) is 7.46. The summed E-state index contributed by atoms with van der Waals surface area (Å²) in [6, 6.07) is 0. The van der Waals surface area contributed by atoms with Gasteiger partial charge in [-0.05, 0) is 12.8 Å². The van der Waals surface area contributed by atoms with Gasteiger partial charge >= 0.3 is 0 Å². The van der Waals surface area contributed by atoms with Crippen molar-refractivity contribution in [1.29, 1.82) is 0 Å². The van der Waals surface area contributed by atoms with E-state index in [0.717, 1.165) is 19.4 Å². The monoisotopic (exact) mass is 202 g/mol. The van der Waals surface area contributed by atoms with Crippen LogP contribution >= 0.6 is 0 Å². The molecule has 0 aromatic rings. The van der Waals surface area contributed by atoms with E-state index >= 15 is 0 Å². The van der Waals surface area contributed by atoms with Crippen LogP contribution in [0, 0.1) is 5.92 Å². The second-order valence-electron chi connectivity index (χ2n) is 3.24. The number of Topliss-reactive ketones (excluding diaryl/α,β-unsaturated/α-hetero) is 1. The minimum Gasteiger partial charge on any atom is -0.389 e. The number of carbonyl (C=O) groups excluding carboxylic acids is 2. The van der Waals surface area contributed by atoms with Crippen LogP contribution in [0.15, 0.2) is 0 Å². The Bertz CT molecular complexity index is 188. The molecule has 0 aromatic carbocycles. The minimum absolute atomic E-state index is 0.0590. The van der Waals surface area contributed by atoms with Gasteiger partial charge in [-0.2, -0.15) is 0 Å². The highest BCUT2D eigenvalue weighted by Gasteiger charge is 2.15. The summed E-state index contributed by atoms with van der Waals surface area (Å²) in [5, 5.41) is 10.7. The Balaban J connectivity index is 0.000000255. The topological polar surface area (TPSA) is 92.4 Å². The molecule has 1 saturated heterocycles. The Kier molecular flexibility index (Phi) is 6.96. The summed E-state index contributed by atoms with van der Waals surface area (Å²) >= 11 is 0. The smallest absolute Gasteiger partial charge is 0.222 e. The van der Waals surface area contributed by atoms with Crippen molar-refractivity contribution < 1.29 is 14.7 Å². The van der Waals surface area contributed by atoms with Crippen LogP contribution in [0.25, 0.3) is 0 Å². The fraction of sp³-hybridized carbons (Fsp3) is 0.778. The quantitative estimate of drug-likeness (QED) is 0.537. The molecule has 1 heterocycles. The maximum Gasteiger partial charge on any atom is 0.222 e. The van der Waals surface area contributed by atoms with Crippen molar-refractivity contribution >= 4 is 11.7 Å². The molecule has 1 aliphatic heterocycles. The summed E-state index contributed by atoms with van der Waals surface area (Å²) in [6.45, 7) is 2.35. The number of ketones is 1. The largest absolute Gasteiger partial charge is 0.389 e. The zero-order chi connectivity index (χ0) is 11.0. The van der Waals surface area contributed by atoms with E-state index in [2.05, 4.69) is 5.32 Å². The lowest BCUT2D eigenvalue weighted by Crippen LogP contribution is -2.34. The first-order valence-corrected chi connectivity index (χ1v) is 4.72. The molecule has 5 heteroatoms. The van der Waals surface area contributed by atoms with Crippen molar-refractivity contribution in [3.63, 3.8) is 0 Å². The molecule has 1 aliphatic rings. The van der Waals surface area contributed by atoms with Crippen LogP contribution in [0.4, 0.5) is 0 Å². The number of aliphatic hydroxyl groups is 1. The van der Waals surface area contributed by atoms with E-state index in [9.17, 15) is 9.59 Å². The van der Waals surface area contributed by atoms with E-state index in [-0.39, 0.29) is 24.2 Å². The molecule has 1 atom stereocenters. The van der Waals surface area contributed by atoms with Gasteiger partial charge in [0.05, 0.1) is 6.54 Å². The average molecular weight is 202 g/mol. The highest BCUT2D eigenvalue weighted by atomic mass is 16.3. The number of aliphatic hydroxyl groups excluding tert-OH is 1. The first-order valence-electron chi connectivity index (χ1n) is 4.72. The first kappa shape index (κ1) is 13.1. The van der Waals surface area contributed by atoms with Crippen molar-refractivity contribution in [2.24, 2.45) is 11.7 Å². The molecule has 1 amide bonds. The standard InChI is InChI=1S/C6H11NO.C3H7NO2/c1-5-3-2-4-7-6(5)8;4-1-3(6)2-5/h5H,2-4H2,1H3,(H,7,8);5H,1-2,4H2. The summed E-state index contributed by atoms with van der Waals surface area (Å²) in [4.78, 5) is 20.5. The molecule has 1 rings (SSSR count). The van der Waals surface area contributed by atoms with Crippen LogP contribution in [0.5, 0.6) is 0 Å². The van der Waals surface area contributed by atoms with Crippen molar-refractivity contribution in [3.05, 3.63) is 0 Å². The van der Waals surface area contributed by atoms with Gasteiger partial charge < -0.3 is 16.2 Å². The van der Waals surface area contributed by atoms with Crippen LogP contribution in [-0.4, -0.2) is 36.5 Å². The predicted molar refractivity (Wildman–Crippen MR) is 52.6 cm³/mol. The third-order valence-electron chi connectivity index (χ3n) is 1.96. The van der Waals surface area contributed by atoms with Crippen LogP contribution in [0.3, 0.4) is 0 Å². The molecule has 0 spiro atoms. The number of hydrogen-bond acceptors (Lipinski definition) is 4. The van der Waals surface area contributed by atoms with Gasteiger partial charge in [0.25, 0.3) is 0 Å². The Morgan fingerprint density at radius 1 is 1.71 bits per heavy atom. The maximum atomic E-state index is 10.7. The van der Waals surface area contributed by atoms with E-state index in [1.807, 2.05) is 6.92 Å². The van der Waals surface area contributed by atoms with Gasteiger partial charge in [0.15, 0.2) is 5.78 Å². The number of nitrogens with one attached hydrogen (secondary N) is 1. The number of nitrogens with two attached hydrogens (primary N) is 1. The van der Waals surface area contributed by atoms with Gasteiger partial charge in [0, 0.05) is 12.5 Å². The van der Waals surface area contributed by atoms with Gasteiger partial charge in [-0.15, -0.1) is 0 Å². The summed E-state index contributed by atoms with van der Waals surface area (Å²) in [5.41, 5.74) is 4.77. The molecule has 0 saturated carbocycles. The molecule has 5 nitrogen and oxygen atoms in total. The zero-order valence-electron chi connectivity index (χ0n) is 8.45. The Labute approximate surface area is 83.7 Å². The summed E-state index contributed by atoms with van der Waals surface area (Å²) in [7, 11) is 0. The van der Waals surface area contributed by atoms with Gasteiger partial charge in [0.1, 0.15) is 6.61 Å². The molecule has 0 aromatic heterocycles. The van der Waals surface area contributed by atoms with Gasteiger partial charge in [-0.1, -0.05) is 6.92 Å². The third kappa shape index (κ3) is 5.66. The minimum atomic E-state index is -0.434. The molecule has 0 aliphatic carbocycles. The fourth-order valence-corrected chi connectivity index (χ4v) is 0.990. The Morgan fingerprint density at radius 2 is 2.36 bits per heavy atom. The molecule has 0 bridgehead atoms. The molecular formula is C9H18N2O3. The number of hydrogen-bond donors (Lipinski definition) is 3. The lowest BCUT2D eigenvalue weighted by atomic mass is 10.0. The van der Waals surface area contributed by atoms with E-state index < -0.39 is 6.61 Å². The lowest BCUT2D eigenvalue weighted by molar-refractivity contribution is -0.126. The summed E-state index contributed by atoms with van der Waals surface area (Å²) in [6.07, 6.45) is 2.21. The van der Waals surface area contributed by atoms with Crippen molar-refractivity contribution in [2.45, 2.75) is 19.8 Å². The van der Waals surface area contributed by atoms with Crippen LogP contribution in [0.2, 0.25) is 0 Å². The van der Waals surface area contributed by atoms with Gasteiger partial charge in [0.2, 0.25) is 5.91 Å². The third-order valence-corrected chi connectivity index (χ3v) is 1.96. The van der Waals surface area contributed by atoms with Crippen molar-refractivity contribution in [1.82, 2.24) is 5.32 Å². The summed E-state index contributed by atoms with van der Waals surface area (Å²) < 4.78 is 0. The normalized spacial score (nSPS) is 20.5. The second-order valence-corrected chi connectivity index (χ2v) is 3.24. The van der Waals surface area contributed by atoms with Gasteiger partial charge in [-0.3, -0.25) is 9.59 Å².